The molecule has 5 amide bonds. The second-order valence-electron chi connectivity index (χ2n) is 9.41. The number of amides is 5. The average molecular weight is 626 g/mol. The summed E-state index contributed by atoms with van der Waals surface area (Å²) in [6, 6.07) is 13.5. The third-order valence-corrected chi connectivity index (χ3v) is 6.76. The van der Waals surface area contributed by atoms with Crippen LogP contribution >= 0.6 is 11.8 Å². The number of nitrogens with one attached hydrogen (secondary N) is 4. The summed E-state index contributed by atoms with van der Waals surface area (Å²) in [5.41, 5.74) is 7.15. The number of hydrogen-bond acceptors (Lipinski definition) is 7. The van der Waals surface area contributed by atoms with Crippen LogP contribution in [0.25, 0.3) is 11.1 Å². The standard InChI is InChI=1S/C28H34F3N5O6S/c1-43-14-13-21(36-26(41)19-9-7-18(8-10-19)17-5-3-2-4-6-17)27(42)34-15-23(38)33-16-24(39)35-20(11-12-22(32)37)25(40)28(29,30)31/h2-10,20-21,25,40H,11-16H2,1H3,(H2,32,37)(H,33,38)(H,34,42)(H,35,39)(H,36,41). The molecule has 2 rings (SSSR count). The molecular formula is C28H34F3N5O6S. The maximum absolute atomic E-state index is 12.9. The van der Waals surface area contributed by atoms with Crippen molar-refractivity contribution in [3.8, 4) is 11.1 Å². The topological polar surface area (TPSA) is 180 Å². The quantitative estimate of drug-likeness (QED) is 0.162. The van der Waals surface area contributed by atoms with E-state index < -0.39 is 79.8 Å². The van der Waals surface area contributed by atoms with Gasteiger partial charge in [0.2, 0.25) is 23.6 Å². The molecule has 2 aromatic rings. The molecule has 0 aliphatic heterocycles. The lowest BCUT2D eigenvalue weighted by molar-refractivity contribution is -0.212. The minimum Gasteiger partial charge on any atom is -0.382 e. The molecule has 11 nitrogen and oxygen atoms in total. The van der Waals surface area contributed by atoms with E-state index in [0.29, 0.717) is 11.3 Å². The number of aliphatic hydroxyl groups is 1. The molecule has 0 fully saturated rings. The zero-order valence-corrected chi connectivity index (χ0v) is 24.1. The lowest BCUT2D eigenvalue weighted by Gasteiger charge is -2.25. The first-order chi connectivity index (χ1) is 20.3. The minimum absolute atomic E-state index is 0.263. The van der Waals surface area contributed by atoms with Gasteiger partial charge in [0, 0.05) is 12.0 Å². The van der Waals surface area contributed by atoms with Gasteiger partial charge in [-0.25, -0.2) is 0 Å². The molecule has 7 N–H and O–H groups in total. The second-order valence-corrected chi connectivity index (χ2v) is 10.4. The van der Waals surface area contributed by atoms with Gasteiger partial charge in [-0.1, -0.05) is 42.5 Å². The fourth-order valence-electron chi connectivity index (χ4n) is 3.82. The number of carbonyl (C=O) groups excluding carboxylic acids is 5. The van der Waals surface area contributed by atoms with Crippen LogP contribution in [-0.2, 0) is 19.2 Å². The van der Waals surface area contributed by atoms with Crippen molar-refractivity contribution in [1.29, 1.82) is 0 Å². The second kappa shape index (κ2) is 17.1. The highest BCUT2D eigenvalue weighted by atomic mass is 32.2. The smallest absolute Gasteiger partial charge is 0.382 e. The summed E-state index contributed by atoms with van der Waals surface area (Å²) in [7, 11) is 0. The Labute approximate surface area is 250 Å². The number of hydrogen-bond donors (Lipinski definition) is 6. The Morgan fingerprint density at radius 2 is 1.47 bits per heavy atom. The van der Waals surface area contributed by atoms with Gasteiger partial charge in [0.1, 0.15) is 6.04 Å². The largest absolute Gasteiger partial charge is 0.416 e. The maximum Gasteiger partial charge on any atom is 0.416 e. The molecule has 3 atom stereocenters. The zero-order chi connectivity index (χ0) is 32.0. The van der Waals surface area contributed by atoms with Crippen LogP contribution in [0.3, 0.4) is 0 Å². The Kier molecular flexibility index (Phi) is 14.0. The van der Waals surface area contributed by atoms with Crippen LogP contribution in [0.2, 0.25) is 0 Å². The van der Waals surface area contributed by atoms with Crippen LogP contribution in [0.15, 0.2) is 54.6 Å². The molecule has 3 unspecified atom stereocenters. The molecule has 2 aromatic carbocycles. The first-order valence-corrected chi connectivity index (χ1v) is 14.5. The lowest BCUT2D eigenvalue weighted by atomic mass is 10.0. The summed E-state index contributed by atoms with van der Waals surface area (Å²) in [4.78, 5) is 60.8. The SMILES string of the molecule is CSCCC(NC(=O)c1ccc(-c2ccccc2)cc1)C(=O)NCC(=O)NCC(=O)NC(CCC(N)=O)C(O)C(F)(F)F. The Morgan fingerprint density at radius 3 is 2.05 bits per heavy atom. The van der Waals surface area contributed by atoms with Crippen molar-refractivity contribution in [2.75, 3.05) is 25.1 Å². The molecule has 234 valence electrons. The highest BCUT2D eigenvalue weighted by Crippen LogP contribution is 2.24. The molecule has 0 bridgehead atoms. The van der Waals surface area contributed by atoms with Crippen molar-refractivity contribution < 1.29 is 42.3 Å². The average Bonchev–Trinajstić information content (AvgIpc) is 2.98. The lowest BCUT2D eigenvalue weighted by Crippen LogP contribution is -2.53. The van der Waals surface area contributed by atoms with Crippen LogP contribution in [-0.4, -0.2) is 84.1 Å². The highest BCUT2D eigenvalue weighted by Gasteiger charge is 2.44. The molecule has 0 saturated heterocycles. The fraction of sp³-hybridized carbons (Fsp3) is 0.393. The van der Waals surface area contributed by atoms with Crippen LogP contribution in [0.5, 0.6) is 0 Å². The number of aliphatic hydroxyl groups excluding tert-OH is 1. The summed E-state index contributed by atoms with van der Waals surface area (Å²) >= 11 is 1.45. The van der Waals surface area contributed by atoms with Crippen molar-refractivity contribution in [2.24, 2.45) is 5.73 Å². The van der Waals surface area contributed by atoms with Gasteiger partial charge in [-0.15, -0.1) is 0 Å². The van der Waals surface area contributed by atoms with Crippen molar-refractivity contribution in [1.82, 2.24) is 21.3 Å². The van der Waals surface area contributed by atoms with Crippen molar-refractivity contribution in [2.45, 2.75) is 43.6 Å². The minimum atomic E-state index is -5.07. The number of halogens is 3. The summed E-state index contributed by atoms with van der Waals surface area (Å²) in [5, 5.41) is 18.6. The predicted octanol–water partition coefficient (Wildman–Crippen LogP) is 1.11. The highest BCUT2D eigenvalue weighted by molar-refractivity contribution is 7.98. The summed E-state index contributed by atoms with van der Waals surface area (Å²) < 4.78 is 38.7. The van der Waals surface area contributed by atoms with Crippen LogP contribution in [0, 0.1) is 0 Å². The van der Waals surface area contributed by atoms with Gasteiger partial charge in [-0.05, 0) is 48.1 Å². The predicted molar refractivity (Wildman–Crippen MR) is 155 cm³/mol. The number of benzene rings is 2. The van der Waals surface area contributed by atoms with E-state index in [-0.39, 0.29) is 6.42 Å². The molecule has 0 saturated carbocycles. The van der Waals surface area contributed by atoms with Crippen molar-refractivity contribution >= 4 is 41.3 Å². The van der Waals surface area contributed by atoms with Crippen LogP contribution in [0.4, 0.5) is 13.2 Å². The van der Waals surface area contributed by atoms with E-state index in [9.17, 15) is 42.3 Å². The molecule has 0 radical (unpaired) electrons. The molecule has 0 aliphatic carbocycles. The van der Waals surface area contributed by atoms with E-state index in [1.54, 1.807) is 24.3 Å². The van der Waals surface area contributed by atoms with Gasteiger partial charge in [-0.2, -0.15) is 24.9 Å². The van der Waals surface area contributed by atoms with Crippen LogP contribution in [0.1, 0.15) is 29.6 Å². The van der Waals surface area contributed by atoms with Gasteiger partial charge in [0.05, 0.1) is 19.1 Å². The summed E-state index contributed by atoms with van der Waals surface area (Å²) in [6.45, 7) is -1.35. The number of nitrogens with two attached hydrogens (primary N) is 1. The van der Waals surface area contributed by atoms with E-state index >= 15 is 0 Å². The van der Waals surface area contributed by atoms with Crippen molar-refractivity contribution in [3.05, 3.63) is 60.2 Å². The molecule has 0 spiro atoms. The van der Waals surface area contributed by atoms with Crippen molar-refractivity contribution in [3.63, 3.8) is 0 Å². The first-order valence-electron chi connectivity index (χ1n) is 13.1. The van der Waals surface area contributed by atoms with E-state index in [4.69, 9.17) is 5.73 Å². The Morgan fingerprint density at radius 1 is 0.860 bits per heavy atom. The molecule has 15 heteroatoms. The van der Waals surface area contributed by atoms with Crippen LogP contribution < -0.4 is 27.0 Å². The van der Waals surface area contributed by atoms with Gasteiger partial charge >= 0.3 is 6.18 Å². The number of alkyl halides is 3. The molecule has 0 aliphatic rings. The summed E-state index contributed by atoms with van der Waals surface area (Å²) in [5.74, 6) is -3.44. The summed E-state index contributed by atoms with van der Waals surface area (Å²) in [6.07, 6.45) is -7.05. The number of primary amides is 1. The number of rotatable bonds is 16. The Balaban J connectivity index is 1.89. The van der Waals surface area contributed by atoms with E-state index in [1.165, 1.54) is 11.8 Å². The molecule has 43 heavy (non-hydrogen) atoms. The molecule has 0 heterocycles. The third-order valence-electron chi connectivity index (χ3n) is 6.12. The first kappa shape index (κ1) is 35.1. The molecule has 0 aromatic heterocycles. The third kappa shape index (κ3) is 12.3. The monoisotopic (exact) mass is 625 g/mol. The molecular weight excluding hydrogens is 591 g/mol. The fourth-order valence-corrected chi connectivity index (χ4v) is 4.29. The zero-order valence-electron chi connectivity index (χ0n) is 23.3. The van der Waals surface area contributed by atoms with E-state index in [1.807, 2.05) is 41.9 Å². The Hall–Kier alpha value is -4.11. The van der Waals surface area contributed by atoms with Gasteiger partial charge in [0.15, 0.2) is 6.10 Å². The maximum atomic E-state index is 12.9. The number of carbonyl (C=O) groups is 5. The normalized spacial score (nSPS) is 13.2. The Bertz CT molecular complexity index is 1250. The van der Waals surface area contributed by atoms with Gasteiger partial charge < -0.3 is 32.1 Å². The van der Waals surface area contributed by atoms with Gasteiger partial charge in [-0.3, -0.25) is 24.0 Å². The van der Waals surface area contributed by atoms with E-state index in [2.05, 4.69) is 16.0 Å². The van der Waals surface area contributed by atoms with E-state index in [0.717, 1.165) is 11.1 Å². The number of thioether (sulfide) groups is 1. The van der Waals surface area contributed by atoms with Gasteiger partial charge in [0.25, 0.3) is 5.91 Å².